The highest BCUT2D eigenvalue weighted by atomic mass is 35.5. The molecule has 2 rings (SSSR count). The van der Waals surface area contributed by atoms with Gasteiger partial charge in [-0.25, -0.2) is 0 Å². The highest BCUT2D eigenvalue weighted by Crippen LogP contribution is 2.24. The minimum atomic E-state index is -0.221. The van der Waals surface area contributed by atoms with Crippen LogP contribution in [0.1, 0.15) is 34.3 Å². The number of benzene rings is 1. The summed E-state index contributed by atoms with van der Waals surface area (Å²) in [4.78, 5) is 12.3. The molecule has 2 aromatic rings. The molecule has 1 aromatic carbocycles. The molecular formula is C14H15ClN2O2. The molecule has 4 nitrogen and oxygen atoms in total. The maximum absolute atomic E-state index is 12.3. The van der Waals surface area contributed by atoms with Crippen molar-refractivity contribution in [3.05, 3.63) is 45.8 Å². The van der Waals surface area contributed by atoms with Crippen LogP contribution in [0.15, 0.2) is 22.7 Å². The number of hydrogen-bond donors (Lipinski definition) is 1. The standard InChI is InChI=1S/C14H15ClN2O2/c1-4-11-13(9(3)19-17-11)14(18)16-12-7-5-6-10(15)8(12)2/h5-7H,4H2,1-3H3,(H,16,18). The van der Waals surface area contributed by atoms with E-state index in [0.717, 1.165) is 5.56 Å². The highest BCUT2D eigenvalue weighted by molar-refractivity contribution is 6.31. The minimum absolute atomic E-state index is 0.221. The Hall–Kier alpha value is -1.81. The molecule has 0 aliphatic rings. The van der Waals surface area contributed by atoms with Crippen LogP contribution in [0.2, 0.25) is 5.02 Å². The molecule has 0 spiro atoms. The van der Waals surface area contributed by atoms with Crippen molar-refractivity contribution in [2.24, 2.45) is 0 Å². The van der Waals surface area contributed by atoms with Crippen molar-refractivity contribution >= 4 is 23.2 Å². The largest absolute Gasteiger partial charge is 0.361 e. The topological polar surface area (TPSA) is 55.1 Å². The van der Waals surface area contributed by atoms with Gasteiger partial charge >= 0.3 is 0 Å². The molecule has 0 aliphatic heterocycles. The zero-order valence-electron chi connectivity index (χ0n) is 11.1. The molecule has 0 unspecified atom stereocenters. The van der Waals surface area contributed by atoms with Crippen LogP contribution in [0, 0.1) is 13.8 Å². The van der Waals surface area contributed by atoms with Crippen LogP contribution >= 0.6 is 11.6 Å². The molecule has 0 saturated carbocycles. The summed E-state index contributed by atoms with van der Waals surface area (Å²) in [5.41, 5.74) is 2.70. The lowest BCUT2D eigenvalue weighted by molar-refractivity contribution is 0.102. The number of nitrogens with one attached hydrogen (secondary N) is 1. The lowest BCUT2D eigenvalue weighted by atomic mass is 10.1. The maximum Gasteiger partial charge on any atom is 0.261 e. The first kappa shape index (κ1) is 13.6. The lowest BCUT2D eigenvalue weighted by Gasteiger charge is -2.09. The summed E-state index contributed by atoms with van der Waals surface area (Å²) in [6, 6.07) is 5.40. The van der Waals surface area contributed by atoms with Gasteiger partial charge in [0.05, 0.1) is 5.69 Å². The van der Waals surface area contributed by atoms with Crippen LogP contribution in [0.3, 0.4) is 0 Å². The van der Waals surface area contributed by atoms with Gasteiger partial charge in [-0.05, 0) is 38.0 Å². The van der Waals surface area contributed by atoms with Crippen molar-refractivity contribution in [1.29, 1.82) is 0 Å². The predicted molar refractivity (Wildman–Crippen MR) is 74.8 cm³/mol. The first-order valence-electron chi connectivity index (χ1n) is 6.06. The second kappa shape index (κ2) is 5.45. The van der Waals surface area contributed by atoms with Gasteiger partial charge in [0.1, 0.15) is 11.3 Å². The Morgan fingerprint density at radius 3 is 2.84 bits per heavy atom. The van der Waals surface area contributed by atoms with Crippen LogP contribution in [-0.2, 0) is 6.42 Å². The quantitative estimate of drug-likeness (QED) is 0.930. The fraction of sp³-hybridized carbons (Fsp3) is 0.286. The molecule has 0 aliphatic carbocycles. The summed E-state index contributed by atoms with van der Waals surface area (Å²) in [5.74, 6) is 0.301. The predicted octanol–water partition coefficient (Wildman–Crippen LogP) is 3.76. The van der Waals surface area contributed by atoms with Crippen LogP contribution in [0.5, 0.6) is 0 Å². The molecule has 19 heavy (non-hydrogen) atoms. The van der Waals surface area contributed by atoms with Crippen LogP contribution in [0.25, 0.3) is 0 Å². The second-order valence-electron chi connectivity index (χ2n) is 4.28. The Labute approximate surface area is 116 Å². The van der Waals surface area contributed by atoms with Crippen LogP contribution in [0.4, 0.5) is 5.69 Å². The van der Waals surface area contributed by atoms with Crippen LogP contribution in [-0.4, -0.2) is 11.1 Å². The molecular weight excluding hydrogens is 264 g/mol. The Morgan fingerprint density at radius 2 is 2.16 bits per heavy atom. The van der Waals surface area contributed by atoms with Crippen molar-refractivity contribution in [3.63, 3.8) is 0 Å². The van der Waals surface area contributed by atoms with Crippen molar-refractivity contribution < 1.29 is 9.32 Å². The van der Waals surface area contributed by atoms with E-state index in [2.05, 4.69) is 10.5 Å². The first-order valence-corrected chi connectivity index (χ1v) is 6.44. The minimum Gasteiger partial charge on any atom is -0.361 e. The molecule has 1 amide bonds. The van der Waals surface area contributed by atoms with E-state index >= 15 is 0 Å². The molecule has 1 N–H and O–H groups in total. The van der Waals surface area contributed by atoms with Gasteiger partial charge in [0, 0.05) is 10.7 Å². The lowest BCUT2D eigenvalue weighted by Crippen LogP contribution is -2.15. The molecule has 1 heterocycles. The molecule has 0 radical (unpaired) electrons. The molecule has 0 saturated heterocycles. The summed E-state index contributed by atoms with van der Waals surface area (Å²) in [5, 5.41) is 7.34. The number of aryl methyl sites for hydroxylation is 2. The first-order chi connectivity index (χ1) is 9.04. The summed E-state index contributed by atoms with van der Waals surface area (Å²) in [6.45, 7) is 5.52. The average Bonchev–Trinajstić information content (AvgIpc) is 2.76. The van der Waals surface area contributed by atoms with Crippen molar-refractivity contribution in [2.75, 3.05) is 5.32 Å². The number of carbonyl (C=O) groups is 1. The third-order valence-corrected chi connectivity index (χ3v) is 3.42. The summed E-state index contributed by atoms with van der Waals surface area (Å²) in [7, 11) is 0. The number of amides is 1. The molecule has 5 heteroatoms. The number of nitrogens with zero attached hydrogens (tertiary/aromatic N) is 1. The molecule has 0 atom stereocenters. The van der Waals surface area contributed by atoms with Gasteiger partial charge in [-0.2, -0.15) is 0 Å². The fourth-order valence-corrected chi connectivity index (χ4v) is 2.05. The summed E-state index contributed by atoms with van der Waals surface area (Å²) < 4.78 is 5.06. The third-order valence-electron chi connectivity index (χ3n) is 3.01. The van der Waals surface area contributed by atoms with Gasteiger partial charge in [0.25, 0.3) is 5.91 Å². The van der Waals surface area contributed by atoms with E-state index in [9.17, 15) is 4.79 Å². The van der Waals surface area contributed by atoms with Gasteiger partial charge in [0.2, 0.25) is 0 Å². The number of rotatable bonds is 3. The van der Waals surface area contributed by atoms with E-state index in [4.69, 9.17) is 16.1 Å². The summed E-state index contributed by atoms with van der Waals surface area (Å²) >= 11 is 6.03. The summed E-state index contributed by atoms with van der Waals surface area (Å²) in [6.07, 6.45) is 0.647. The molecule has 100 valence electrons. The van der Waals surface area contributed by atoms with E-state index in [1.54, 1.807) is 19.1 Å². The normalized spacial score (nSPS) is 10.5. The maximum atomic E-state index is 12.3. The molecule has 0 bridgehead atoms. The zero-order valence-corrected chi connectivity index (χ0v) is 11.8. The SMILES string of the molecule is CCc1noc(C)c1C(=O)Nc1cccc(Cl)c1C. The van der Waals surface area contributed by atoms with Gasteiger partial charge in [-0.1, -0.05) is 29.7 Å². The third kappa shape index (κ3) is 2.63. The van der Waals surface area contributed by atoms with E-state index in [1.165, 1.54) is 0 Å². The van der Waals surface area contributed by atoms with E-state index < -0.39 is 0 Å². The monoisotopic (exact) mass is 278 g/mol. The Balaban J connectivity index is 2.31. The number of halogens is 1. The van der Waals surface area contributed by atoms with E-state index in [1.807, 2.05) is 19.9 Å². The van der Waals surface area contributed by atoms with Crippen molar-refractivity contribution in [3.8, 4) is 0 Å². The average molecular weight is 279 g/mol. The van der Waals surface area contributed by atoms with Crippen LogP contribution < -0.4 is 5.32 Å². The Bertz CT molecular complexity index is 620. The van der Waals surface area contributed by atoms with Crippen molar-refractivity contribution in [2.45, 2.75) is 27.2 Å². The molecule has 1 aromatic heterocycles. The van der Waals surface area contributed by atoms with Gasteiger partial charge < -0.3 is 9.84 Å². The van der Waals surface area contributed by atoms with E-state index in [0.29, 0.717) is 34.1 Å². The van der Waals surface area contributed by atoms with Crippen molar-refractivity contribution in [1.82, 2.24) is 5.16 Å². The van der Waals surface area contributed by atoms with Gasteiger partial charge in [-0.3, -0.25) is 4.79 Å². The smallest absolute Gasteiger partial charge is 0.261 e. The second-order valence-corrected chi connectivity index (χ2v) is 4.69. The number of anilines is 1. The Kier molecular flexibility index (Phi) is 3.90. The van der Waals surface area contributed by atoms with Gasteiger partial charge in [-0.15, -0.1) is 0 Å². The Morgan fingerprint density at radius 1 is 1.42 bits per heavy atom. The van der Waals surface area contributed by atoms with Gasteiger partial charge in [0.15, 0.2) is 0 Å². The number of aromatic nitrogens is 1. The number of carbonyl (C=O) groups excluding carboxylic acids is 1. The number of hydrogen-bond acceptors (Lipinski definition) is 3. The fourth-order valence-electron chi connectivity index (χ4n) is 1.88. The highest BCUT2D eigenvalue weighted by Gasteiger charge is 2.19. The molecule has 0 fully saturated rings. The van der Waals surface area contributed by atoms with E-state index in [-0.39, 0.29) is 5.91 Å². The zero-order chi connectivity index (χ0) is 14.0.